The lowest BCUT2D eigenvalue weighted by Crippen LogP contribution is -2.41. The molecule has 0 spiro atoms. The number of nitrogens with zero attached hydrogens (tertiary/aromatic N) is 5. The lowest BCUT2D eigenvalue weighted by molar-refractivity contribution is 0.136. The van der Waals surface area contributed by atoms with Gasteiger partial charge < -0.3 is 99.2 Å². The Bertz CT molecular complexity index is 5660. The number of ether oxygens (including phenoxy) is 8. The number of rotatable bonds is 15. The minimum absolute atomic E-state index is 0.0304. The van der Waals surface area contributed by atoms with Crippen LogP contribution in [0.15, 0.2) is 121 Å². The number of fused-ring (bicyclic) bond motifs is 20. The molecule has 10 aromatic rings. The predicted octanol–water partition coefficient (Wildman–Crippen LogP) is 12.3. The molecule has 0 unspecified atom stereocenters. The minimum Gasteiger partial charge on any atom is -0.508 e. The average Bonchev–Trinajstić information content (AvgIpc) is 0.725. The third-order valence-electron chi connectivity index (χ3n) is 28.0. The first kappa shape index (κ1) is 88.5. The largest absolute Gasteiger partial charge is 0.508 e. The Hall–Kier alpha value is -10.9. The first-order valence-corrected chi connectivity index (χ1v) is 43.5. The van der Waals surface area contributed by atoms with Gasteiger partial charge in [-0.25, -0.2) is 0 Å². The second-order valence-electron chi connectivity index (χ2n) is 34.3. The molecule has 20 rings (SSSR count). The molecular formula is C101H117N5O20. The van der Waals surface area contributed by atoms with E-state index in [0.29, 0.717) is 40.1 Å². The van der Waals surface area contributed by atoms with Gasteiger partial charge in [-0.2, -0.15) is 0 Å². The summed E-state index contributed by atoms with van der Waals surface area (Å²) in [5.41, 5.74) is 29.3. The van der Waals surface area contributed by atoms with Gasteiger partial charge in [-0.15, -0.1) is 0 Å². The topological polar surface area (TPSA) is 333 Å². The molecule has 10 aliphatic rings. The molecule has 126 heavy (non-hydrogen) atoms. The summed E-state index contributed by atoms with van der Waals surface area (Å²) in [4.78, 5) is 12.2. The molecule has 12 N–H and O–H groups in total. The van der Waals surface area contributed by atoms with E-state index in [1.165, 1.54) is 89.0 Å². The molecule has 0 amide bonds. The minimum atomic E-state index is -0.146. The fourth-order valence-electron chi connectivity index (χ4n) is 21.6. The Labute approximate surface area is 735 Å². The van der Waals surface area contributed by atoms with Crippen molar-refractivity contribution in [2.24, 2.45) is 0 Å². The van der Waals surface area contributed by atoms with E-state index in [1.54, 1.807) is 81.1 Å². The third-order valence-corrected chi connectivity index (χ3v) is 28.0. The van der Waals surface area contributed by atoms with Crippen LogP contribution in [0.3, 0.4) is 0 Å². The quantitative estimate of drug-likeness (QED) is 0.0454. The molecule has 0 saturated carbocycles. The smallest absolute Gasteiger partial charge is 0.165 e. The number of phenols is 5. The van der Waals surface area contributed by atoms with E-state index < -0.39 is 0 Å². The molecule has 25 heteroatoms. The summed E-state index contributed by atoms with van der Waals surface area (Å²) in [6.45, 7) is 10.3. The molecule has 10 aliphatic heterocycles. The molecule has 6 atom stereocenters. The van der Waals surface area contributed by atoms with Crippen molar-refractivity contribution in [1.82, 2.24) is 24.5 Å². The lowest BCUT2D eigenvalue weighted by atomic mass is 9.76. The van der Waals surface area contributed by atoms with Gasteiger partial charge in [-0.05, 0) is 242 Å². The summed E-state index contributed by atoms with van der Waals surface area (Å²) in [6, 6.07) is 40.5. The number of benzene rings is 10. The van der Waals surface area contributed by atoms with Crippen molar-refractivity contribution in [2.75, 3.05) is 89.6 Å². The summed E-state index contributed by atoms with van der Waals surface area (Å²) in [7, 11) is 13.2. The van der Waals surface area contributed by atoms with Gasteiger partial charge in [-0.3, -0.25) is 24.5 Å². The normalized spacial score (nSPS) is 19.5. The van der Waals surface area contributed by atoms with Crippen molar-refractivity contribution in [3.8, 4) is 74.7 Å². The van der Waals surface area contributed by atoms with Gasteiger partial charge in [0.2, 0.25) is 0 Å². The molecule has 666 valence electrons. The van der Waals surface area contributed by atoms with Crippen molar-refractivity contribution < 1.29 is 99.2 Å². The van der Waals surface area contributed by atoms with Crippen LogP contribution in [0.2, 0.25) is 0 Å². The van der Waals surface area contributed by atoms with Crippen LogP contribution in [-0.2, 0) is 137 Å². The van der Waals surface area contributed by atoms with E-state index >= 15 is 0 Å². The Morgan fingerprint density at radius 1 is 0.254 bits per heavy atom. The van der Waals surface area contributed by atoms with Crippen LogP contribution in [0.25, 0.3) is 0 Å². The van der Waals surface area contributed by atoms with Crippen LogP contribution < -0.4 is 37.9 Å². The van der Waals surface area contributed by atoms with Crippen molar-refractivity contribution in [3.05, 3.63) is 272 Å². The van der Waals surface area contributed by atoms with E-state index in [-0.39, 0.29) is 99.2 Å². The maximum Gasteiger partial charge on any atom is 0.165 e. The zero-order chi connectivity index (χ0) is 88.6. The lowest BCUT2D eigenvalue weighted by Gasteiger charge is -2.45. The van der Waals surface area contributed by atoms with E-state index in [9.17, 15) is 61.3 Å². The molecule has 0 bridgehead atoms. The number of aliphatic hydroxyl groups is 7. The van der Waals surface area contributed by atoms with E-state index in [2.05, 4.69) is 73.9 Å². The maximum atomic E-state index is 10.1. The number of aromatic hydroxyl groups is 5. The van der Waals surface area contributed by atoms with Crippen LogP contribution in [0.1, 0.15) is 193 Å². The monoisotopic (exact) mass is 1720 g/mol. The number of aliphatic hydroxyl groups excluding tert-OH is 7. The van der Waals surface area contributed by atoms with Crippen LogP contribution in [0, 0.1) is 0 Å². The second kappa shape index (κ2) is 38.0. The molecule has 25 nitrogen and oxygen atoms in total. The van der Waals surface area contributed by atoms with Crippen molar-refractivity contribution in [3.63, 3.8) is 0 Å². The highest BCUT2D eigenvalue weighted by Crippen LogP contribution is 2.53. The van der Waals surface area contributed by atoms with Crippen LogP contribution in [0.4, 0.5) is 0 Å². The summed E-state index contributed by atoms with van der Waals surface area (Å²) in [5, 5.41) is 117. The summed E-state index contributed by atoms with van der Waals surface area (Å²) in [6.07, 6.45) is 8.00. The first-order chi connectivity index (χ1) is 61.2. The van der Waals surface area contributed by atoms with Gasteiger partial charge in [0.15, 0.2) is 57.5 Å². The van der Waals surface area contributed by atoms with Crippen molar-refractivity contribution in [1.29, 1.82) is 0 Å². The van der Waals surface area contributed by atoms with Crippen LogP contribution >= 0.6 is 0 Å². The zero-order valence-electron chi connectivity index (χ0n) is 73.3. The number of hydrogen-bond acceptors (Lipinski definition) is 25. The molecule has 10 aromatic carbocycles. The number of phenolic OH excluding ortho intramolecular Hbond substituents is 2. The molecule has 0 aliphatic carbocycles. The van der Waals surface area contributed by atoms with Gasteiger partial charge in [-0.1, -0.05) is 55.5 Å². The number of methoxy groups -OCH3 is 8. The molecular weight excluding hydrogens is 1600 g/mol. The summed E-state index contributed by atoms with van der Waals surface area (Å²) in [5.74, 6) is 7.03. The summed E-state index contributed by atoms with van der Waals surface area (Å²) < 4.78 is 44.0. The summed E-state index contributed by atoms with van der Waals surface area (Å²) >= 11 is 0. The first-order valence-electron chi connectivity index (χ1n) is 43.5. The standard InChI is InChI=1S/C22H27NO4.C21H25NO4.C20H23NO4.2C19H21NO4/c1-13-17-4-5-20(26-2)22(27-3)19(17)10-23-7-6-14-8-15(11-24)16(12-25)9-18(14)21(13)23;1-25-20-4-3-13-9-19-17-8-16(12-24)15(11-23)7-14(17)5-6-22(19)10-18(13)21(20)26-2;1-24-19-4-3-12-8-17-15-7-14(11-22)18(23)9-13(15)5-6-21(17)10-16(12)20(19)25-2;1-24-19-7-12-5-16-15-8-17(22)14(10-21)4-11(15)2-3-20(16)9-13(12)6-18(19)23;1-24-19-15-9-20-5-4-12-6-13(10-21)18(23)8-14(12)16(20)7-11(15)2-3-17(19)22/h4-5,8-9,13,21,24-25H,6-7,10-12H2,1-3H3;3-4,7-8,19,23-24H,5-6,9-12H2,1-2H3;3-4,7,9,17,22-23H,5-6,8,10-11H2,1-2H3;4,6-8,16,21-23H,2-3,5,9-10H2,1H3;2-3,6,8,16,21-23H,4-5,7,9-10H2,1H3/t13-,21+;19-;17-;2*16-/m01111/s1. The molecule has 10 heterocycles. The Morgan fingerprint density at radius 3 is 1.01 bits per heavy atom. The highest BCUT2D eigenvalue weighted by Gasteiger charge is 2.43. The Kier molecular flexibility index (Phi) is 26.7. The highest BCUT2D eigenvalue weighted by molar-refractivity contribution is 5.60. The molecule has 0 radical (unpaired) electrons. The maximum absolute atomic E-state index is 10.1. The molecule has 0 aromatic heterocycles. The van der Waals surface area contributed by atoms with Gasteiger partial charge >= 0.3 is 0 Å². The fourth-order valence-corrected chi connectivity index (χ4v) is 21.6. The number of hydrogen-bond donors (Lipinski definition) is 12. The van der Waals surface area contributed by atoms with E-state index in [0.717, 1.165) is 202 Å². The van der Waals surface area contributed by atoms with Gasteiger partial charge in [0.05, 0.1) is 103 Å². The average molecular weight is 1720 g/mol. The van der Waals surface area contributed by atoms with Crippen LogP contribution in [-0.4, -0.2) is 175 Å². The van der Waals surface area contributed by atoms with Crippen molar-refractivity contribution in [2.45, 2.75) is 180 Å². The predicted molar refractivity (Wildman–Crippen MR) is 474 cm³/mol. The highest BCUT2D eigenvalue weighted by atomic mass is 16.5. The van der Waals surface area contributed by atoms with Gasteiger partial charge in [0.1, 0.15) is 17.2 Å². The Morgan fingerprint density at radius 2 is 0.571 bits per heavy atom. The zero-order valence-corrected chi connectivity index (χ0v) is 73.3. The van der Waals surface area contributed by atoms with Gasteiger partial charge in [0.25, 0.3) is 0 Å². The molecule has 0 fully saturated rings. The van der Waals surface area contributed by atoms with Gasteiger partial charge in [0, 0.05) is 141 Å². The Balaban J connectivity index is 0.000000116. The van der Waals surface area contributed by atoms with Crippen LogP contribution in [0.5, 0.6) is 74.7 Å². The fraction of sp³-hybridized carbons (Fsp3) is 0.406. The second-order valence-corrected chi connectivity index (χ2v) is 34.3. The molecule has 0 saturated heterocycles. The van der Waals surface area contributed by atoms with E-state index in [4.69, 9.17) is 37.9 Å². The third kappa shape index (κ3) is 16.7. The van der Waals surface area contributed by atoms with Crippen molar-refractivity contribution >= 4 is 0 Å². The van der Waals surface area contributed by atoms with E-state index in [1.807, 2.05) is 54.6 Å². The SMILES string of the molecule is COc1c(O)ccc2c1CN1CCc3cc(CO)c(O)cc3[C@H]1C2.COc1cc2c(cc1O)CN1CCc3cc(CO)c(O)cc3[C@H]1C2.COc1ccc2c(c1OC)CN1CCc3cc(CO)c(CO)cc3[C@H]1C2.COc1ccc2c(c1OC)CN1CCc3cc(CO)c(CO)cc3[C@H]1[C@H]2C.COc1ccc2c(c1OC)CN1CCc3cc(O)c(CO)cc3[C@H]1C2.